The molecule has 0 aliphatic carbocycles. The predicted octanol–water partition coefficient (Wildman–Crippen LogP) is 5.18. The summed E-state index contributed by atoms with van der Waals surface area (Å²) in [4.78, 5) is 12.1. The number of fused-ring (bicyclic) bond motifs is 1. The predicted molar refractivity (Wildman–Crippen MR) is 93.5 cm³/mol. The average molecular weight is 366 g/mol. The van der Waals surface area contributed by atoms with Gasteiger partial charge in [0.05, 0.1) is 11.0 Å². The Kier molecular flexibility index (Phi) is 3.55. The lowest BCUT2D eigenvalue weighted by Crippen LogP contribution is -1.88. The fourth-order valence-electron chi connectivity index (χ4n) is 2.34. The summed E-state index contributed by atoms with van der Waals surface area (Å²) in [6.07, 6.45) is 1.71. The zero-order chi connectivity index (χ0) is 15.6. The Morgan fingerprint density at radius 2 is 1.87 bits per heavy atom. The minimum Gasteiger partial charge on any atom is -0.439 e. The van der Waals surface area contributed by atoms with Gasteiger partial charge in [0.15, 0.2) is 0 Å². The largest absolute Gasteiger partial charge is 0.439 e. The summed E-state index contributed by atoms with van der Waals surface area (Å²) in [6, 6.07) is 19.5. The minimum atomic E-state index is 0.551. The maximum absolute atomic E-state index is 5.80. The number of nitrogens with one attached hydrogen (secondary N) is 1. The lowest BCUT2D eigenvalue weighted by molar-refractivity contribution is 0.463. The molecular weight excluding hydrogens is 354 g/mol. The van der Waals surface area contributed by atoms with Gasteiger partial charge in [-0.15, -0.1) is 0 Å². The zero-order valence-corrected chi connectivity index (χ0v) is 13.6. The molecule has 0 aliphatic rings. The highest BCUT2D eigenvalue weighted by Gasteiger charge is 2.06. The maximum atomic E-state index is 5.80. The second kappa shape index (κ2) is 5.85. The number of H-pyrrole nitrogens is 1. The molecule has 0 bridgehead atoms. The van der Waals surface area contributed by atoms with Crippen molar-refractivity contribution in [1.82, 2.24) is 15.0 Å². The van der Waals surface area contributed by atoms with Crippen molar-refractivity contribution in [1.29, 1.82) is 0 Å². The highest BCUT2D eigenvalue weighted by molar-refractivity contribution is 9.10. The number of ether oxygens (including phenoxy) is 1. The molecule has 1 N–H and O–H groups in total. The minimum absolute atomic E-state index is 0.551. The summed E-state index contributed by atoms with van der Waals surface area (Å²) in [5.74, 6) is 2.09. The van der Waals surface area contributed by atoms with E-state index in [1.165, 1.54) is 0 Å². The summed E-state index contributed by atoms with van der Waals surface area (Å²) in [5.41, 5.74) is 2.93. The number of pyridine rings is 1. The van der Waals surface area contributed by atoms with E-state index < -0.39 is 0 Å². The Morgan fingerprint density at radius 1 is 0.957 bits per heavy atom. The van der Waals surface area contributed by atoms with E-state index >= 15 is 0 Å². The standard InChI is InChI=1S/C18H12BrN3O/c19-13-8-9-17(20-11-13)23-14-5-3-4-12(10-14)18-21-15-6-1-2-7-16(15)22-18/h1-11H,(H,21,22). The molecule has 0 unspecified atom stereocenters. The molecule has 0 saturated heterocycles. The first-order valence-corrected chi connectivity index (χ1v) is 7.92. The van der Waals surface area contributed by atoms with E-state index in [0.717, 1.165) is 32.6 Å². The fourth-order valence-corrected chi connectivity index (χ4v) is 2.57. The number of nitrogens with zero attached hydrogens (tertiary/aromatic N) is 2. The molecule has 23 heavy (non-hydrogen) atoms. The van der Waals surface area contributed by atoms with E-state index in [1.807, 2.05) is 60.7 Å². The first kappa shape index (κ1) is 14.0. The topological polar surface area (TPSA) is 50.8 Å². The smallest absolute Gasteiger partial charge is 0.219 e. The maximum Gasteiger partial charge on any atom is 0.219 e. The molecule has 4 rings (SSSR count). The van der Waals surface area contributed by atoms with Crippen LogP contribution >= 0.6 is 15.9 Å². The number of hydrogen-bond donors (Lipinski definition) is 1. The third-order valence-electron chi connectivity index (χ3n) is 3.42. The normalized spacial score (nSPS) is 10.8. The number of para-hydroxylation sites is 2. The Labute approximate surface area is 141 Å². The molecule has 0 amide bonds. The van der Waals surface area contributed by atoms with E-state index in [4.69, 9.17) is 4.74 Å². The zero-order valence-electron chi connectivity index (χ0n) is 12.0. The molecular formula is C18H12BrN3O. The van der Waals surface area contributed by atoms with E-state index in [-0.39, 0.29) is 0 Å². The molecule has 112 valence electrons. The number of benzene rings is 2. The van der Waals surface area contributed by atoms with Crippen molar-refractivity contribution in [2.45, 2.75) is 0 Å². The van der Waals surface area contributed by atoms with Gasteiger partial charge in [0.2, 0.25) is 5.88 Å². The van der Waals surface area contributed by atoms with Crippen LogP contribution in [0.1, 0.15) is 0 Å². The molecule has 0 spiro atoms. The van der Waals surface area contributed by atoms with Crippen molar-refractivity contribution in [2.24, 2.45) is 0 Å². The SMILES string of the molecule is Brc1ccc(Oc2cccc(-c3nc4ccccc4[nH]3)c2)nc1. The van der Waals surface area contributed by atoms with E-state index in [2.05, 4.69) is 30.9 Å². The Morgan fingerprint density at radius 3 is 2.70 bits per heavy atom. The van der Waals surface area contributed by atoms with Crippen LogP contribution in [0.3, 0.4) is 0 Å². The van der Waals surface area contributed by atoms with Gasteiger partial charge in [0.1, 0.15) is 11.6 Å². The quantitative estimate of drug-likeness (QED) is 0.544. The highest BCUT2D eigenvalue weighted by atomic mass is 79.9. The van der Waals surface area contributed by atoms with Crippen molar-refractivity contribution >= 4 is 27.0 Å². The van der Waals surface area contributed by atoms with Crippen LogP contribution in [-0.2, 0) is 0 Å². The molecule has 0 saturated carbocycles. The van der Waals surface area contributed by atoms with E-state index in [0.29, 0.717) is 5.88 Å². The molecule has 0 atom stereocenters. The van der Waals surface area contributed by atoms with Crippen LogP contribution < -0.4 is 4.74 Å². The monoisotopic (exact) mass is 365 g/mol. The van der Waals surface area contributed by atoms with Crippen LogP contribution in [0.2, 0.25) is 0 Å². The van der Waals surface area contributed by atoms with Gasteiger partial charge in [-0.05, 0) is 46.3 Å². The Balaban J connectivity index is 1.66. The van der Waals surface area contributed by atoms with Crippen molar-refractivity contribution in [3.8, 4) is 23.0 Å². The van der Waals surface area contributed by atoms with Crippen LogP contribution in [0.15, 0.2) is 71.3 Å². The van der Waals surface area contributed by atoms with Crippen LogP contribution in [0, 0.1) is 0 Å². The number of aromatic nitrogens is 3. The first-order valence-electron chi connectivity index (χ1n) is 7.12. The van der Waals surface area contributed by atoms with Gasteiger partial charge in [0, 0.05) is 22.3 Å². The number of imidazole rings is 1. The lowest BCUT2D eigenvalue weighted by atomic mass is 10.2. The average Bonchev–Trinajstić information content (AvgIpc) is 3.01. The molecule has 0 aliphatic heterocycles. The third kappa shape index (κ3) is 2.96. The van der Waals surface area contributed by atoms with Crippen LogP contribution in [0.25, 0.3) is 22.4 Å². The first-order chi connectivity index (χ1) is 11.3. The van der Waals surface area contributed by atoms with Crippen LogP contribution in [0.5, 0.6) is 11.6 Å². The van der Waals surface area contributed by atoms with Crippen molar-refractivity contribution in [2.75, 3.05) is 0 Å². The Hall–Kier alpha value is -2.66. The van der Waals surface area contributed by atoms with E-state index in [9.17, 15) is 0 Å². The lowest BCUT2D eigenvalue weighted by Gasteiger charge is -2.05. The van der Waals surface area contributed by atoms with E-state index in [1.54, 1.807) is 6.20 Å². The van der Waals surface area contributed by atoms with Gasteiger partial charge in [-0.3, -0.25) is 0 Å². The molecule has 5 heteroatoms. The van der Waals surface area contributed by atoms with Gasteiger partial charge in [0.25, 0.3) is 0 Å². The molecule has 2 aromatic heterocycles. The van der Waals surface area contributed by atoms with Crippen molar-refractivity contribution < 1.29 is 4.74 Å². The van der Waals surface area contributed by atoms with Gasteiger partial charge in [-0.1, -0.05) is 24.3 Å². The second-order valence-electron chi connectivity index (χ2n) is 5.05. The number of rotatable bonds is 3. The van der Waals surface area contributed by atoms with Gasteiger partial charge < -0.3 is 9.72 Å². The second-order valence-corrected chi connectivity index (χ2v) is 5.96. The number of halogens is 1. The molecule has 0 fully saturated rings. The van der Waals surface area contributed by atoms with Crippen molar-refractivity contribution in [3.05, 3.63) is 71.3 Å². The van der Waals surface area contributed by atoms with Crippen LogP contribution in [-0.4, -0.2) is 15.0 Å². The third-order valence-corrected chi connectivity index (χ3v) is 3.89. The summed E-state index contributed by atoms with van der Waals surface area (Å²) in [5, 5.41) is 0. The van der Waals surface area contributed by atoms with Gasteiger partial charge in [-0.25, -0.2) is 9.97 Å². The van der Waals surface area contributed by atoms with Crippen molar-refractivity contribution in [3.63, 3.8) is 0 Å². The molecule has 0 radical (unpaired) electrons. The van der Waals surface area contributed by atoms with Gasteiger partial charge >= 0.3 is 0 Å². The van der Waals surface area contributed by atoms with Gasteiger partial charge in [-0.2, -0.15) is 0 Å². The molecule has 4 nitrogen and oxygen atoms in total. The number of hydrogen-bond acceptors (Lipinski definition) is 3. The summed E-state index contributed by atoms with van der Waals surface area (Å²) in [6.45, 7) is 0. The molecule has 2 aromatic carbocycles. The fraction of sp³-hybridized carbons (Fsp3) is 0. The van der Waals surface area contributed by atoms with Crippen LogP contribution in [0.4, 0.5) is 0 Å². The summed E-state index contributed by atoms with van der Waals surface area (Å²) < 4.78 is 6.71. The molecule has 2 heterocycles. The summed E-state index contributed by atoms with van der Waals surface area (Å²) in [7, 11) is 0. The summed E-state index contributed by atoms with van der Waals surface area (Å²) >= 11 is 3.36. The highest BCUT2D eigenvalue weighted by Crippen LogP contribution is 2.26. The Bertz CT molecular complexity index is 930. The molecule has 4 aromatic rings. The number of aromatic amines is 1.